The number of unbranched alkanes of at least 4 members (excludes halogenated alkanes) is 2. The van der Waals surface area contributed by atoms with Crippen molar-refractivity contribution in [2.75, 3.05) is 13.2 Å². The average molecular weight is 342 g/mol. The summed E-state index contributed by atoms with van der Waals surface area (Å²) in [6, 6.07) is 0.0522. The fourth-order valence-corrected chi connectivity index (χ4v) is 3.39. The van der Waals surface area contributed by atoms with Gasteiger partial charge in [-0.1, -0.05) is 26.7 Å². The minimum atomic E-state index is -4.49. The second-order valence-corrected chi connectivity index (χ2v) is 6.65. The lowest BCUT2D eigenvalue weighted by Gasteiger charge is -2.20. The zero-order valence-corrected chi connectivity index (χ0v) is 13.4. The Hall–Kier alpha value is -0.910. The van der Waals surface area contributed by atoms with Gasteiger partial charge in [0.25, 0.3) is 0 Å². The highest BCUT2D eigenvalue weighted by Gasteiger charge is 2.37. The Morgan fingerprint density at radius 3 is 1.68 bits per heavy atom. The molecule has 22 heavy (non-hydrogen) atoms. The van der Waals surface area contributed by atoms with Crippen LogP contribution in [0.25, 0.3) is 0 Å². The van der Waals surface area contributed by atoms with Gasteiger partial charge >= 0.3 is 7.60 Å². The third-order valence-corrected chi connectivity index (χ3v) is 4.87. The Labute approximate surface area is 127 Å². The van der Waals surface area contributed by atoms with Gasteiger partial charge in [0, 0.05) is 6.07 Å². The number of hydrogen-bond donors (Lipinski definition) is 0. The number of halogens is 4. The zero-order chi connectivity index (χ0) is 16.8. The maximum absolute atomic E-state index is 13.8. The van der Waals surface area contributed by atoms with Crippen LogP contribution >= 0.6 is 7.60 Å². The third kappa shape index (κ3) is 4.54. The summed E-state index contributed by atoms with van der Waals surface area (Å²) in [4.78, 5) is 0. The van der Waals surface area contributed by atoms with Gasteiger partial charge in [-0.05, 0) is 12.8 Å². The first-order chi connectivity index (χ1) is 10.4. The molecule has 0 unspecified atom stereocenters. The van der Waals surface area contributed by atoms with Crippen molar-refractivity contribution in [3.05, 3.63) is 29.3 Å². The van der Waals surface area contributed by atoms with E-state index in [1.54, 1.807) is 0 Å². The van der Waals surface area contributed by atoms with E-state index in [1.165, 1.54) is 0 Å². The van der Waals surface area contributed by atoms with E-state index in [0.717, 1.165) is 0 Å². The van der Waals surface area contributed by atoms with Crippen molar-refractivity contribution in [2.45, 2.75) is 39.5 Å². The van der Waals surface area contributed by atoms with Crippen molar-refractivity contribution in [3.8, 4) is 0 Å². The number of hydrogen-bond acceptors (Lipinski definition) is 3. The molecule has 0 aromatic heterocycles. The van der Waals surface area contributed by atoms with Gasteiger partial charge in [-0.25, -0.2) is 17.6 Å². The van der Waals surface area contributed by atoms with E-state index in [-0.39, 0.29) is 19.3 Å². The van der Waals surface area contributed by atoms with E-state index in [0.29, 0.717) is 25.7 Å². The summed E-state index contributed by atoms with van der Waals surface area (Å²) in [5.74, 6) is -6.80. The van der Waals surface area contributed by atoms with Crippen molar-refractivity contribution in [3.63, 3.8) is 0 Å². The van der Waals surface area contributed by atoms with Gasteiger partial charge in [0.05, 0.1) is 13.2 Å². The molecular formula is C14H19F4O3P. The number of benzene rings is 1. The lowest BCUT2D eigenvalue weighted by molar-refractivity contribution is 0.207. The minimum absolute atomic E-state index is 0.0522. The van der Waals surface area contributed by atoms with E-state index >= 15 is 0 Å². The Morgan fingerprint density at radius 2 is 1.32 bits per heavy atom. The first-order valence-corrected chi connectivity index (χ1v) is 8.64. The van der Waals surface area contributed by atoms with E-state index < -0.39 is 36.2 Å². The Bertz CT molecular complexity index is 511. The van der Waals surface area contributed by atoms with Crippen LogP contribution in [0.2, 0.25) is 0 Å². The largest absolute Gasteiger partial charge is 0.367 e. The van der Waals surface area contributed by atoms with Crippen LogP contribution in [-0.2, 0) is 13.6 Å². The molecule has 0 saturated heterocycles. The van der Waals surface area contributed by atoms with Crippen LogP contribution < -0.4 is 5.30 Å². The summed E-state index contributed by atoms with van der Waals surface area (Å²) in [6.45, 7) is 3.46. The Balaban J connectivity index is 3.23. The summed E-state index contributed by atoms with van der Waals surface area (Å²) in [6.07, 6.45) is 2.28. The molecule has 0 saturated carbocycles. The highest BCUT2D eigenvalue weighted by Crippen LogP contribution is 2.49. The van der Waals surface area contributed by atoms with Crippen LogP contribution in [0, 0.1) is 23.3 Å². The quantitative estimate of drug-likeness (QED) is 0.283. The Morgan fingerprint density at radius 1 is 0.909 bits per heavy atom. The standard InChI is InChI=1S/C14H19F4O3P/c1-3-5-7-20-22(19,21-8-6-4-2)14-12(17)10(15)9-11(16)13(14)18/h9H,3-8H2,1-2H3. The molecule has 1 aromatic rings. The molecule has 0 N–H and O–H groups in total. The predicted octanol–water partition coefficient (Wildman–Crippen LogP) is 4.69. The van der Waals surface area contributed by atoms with Gasteiger partial charge in [-0.2, -0.15) is 0 Å². The molecule has 0 radical (unpaired) electrons. The van der Waals surface area contributed by atoms with Gasteiger partial charge in [0.15, 0.2) is 23.3 Å². The first kappa shape index (κ1) is 19.1. The maximum Gasteiger partial charge on any atom is 0.367 e. The van der Waals surface area contributed by atoms with E-state index in [4.69, 9.17) is 9.05 Å². The molecule has 8 heteroatoms. The fraction of sp³-hybridized carbons (Fsp3) is 0.571. The SMILES string of the molecule is CCCCOP(=O)(OCCCC)c1c(F)c(F)cc(F)c1F. The summed E-state index contributed by atoms with van der Waals surface area (Å²) in [5.41, 5.74) is 0. The van der Waals surface area contributed by atoms with Crippen LogP contribution in [0.1, 0.15) is 39.5 Å². The summed E-state index contributed by atoms with van der Waals surface area (Å²) >= 11 is 0. The molecule has 0 bridgehead atoms. The zero-order valence-electron chi connectivity index (χ0n) is 12.5. The van der Waals surface area contributed by atoms with Gasteiger partial charge in [-0.3, -0.25) is 4.57 Å². The molecule has 0 amide bonds. The molecule has 1 aromatic carbocycles. The van der Waals surface area contributed by atoms with Crippen LogP contribution in [0.5, 0.6) is 0 Å². The monoisotopic (exact) mass is 342 g/mol. The lowest BCUT2D eigenvalue weighted by Crippen LogP contribution is -2.22. The highest BCUT2D eigenvalue weighted by atomic mass is 31.2. The average Bonchev–Trinajstić information content (AvgIpc) is 2.46. The number of rotatable bonds is 9. The van der Waals surface area contributed by atoms with Crippen molar-refractivity contribution in [2.24, 2.45) is 0 Å². The molecule has 0 atom stereocenters. The first-order valence-electron chi connectivity index (χ1n) is 7.10. The second-order valence-electron chi connectivity index (χ2n) is 4.69. The van der Waals surface area contributed by atoms with Crippen LogP contribution in [0.15, 0.2) is 6.07 Å². The van der Waals surface area contributed by atoms with Crippen molar-refractivity contribution >= 4 is 12.9 Å². The summed E-state index contributed by atoms with van der Waals surface area (Å²) in [5, 5.41) is -1.31. The molecule has 0 heterocycles. The van der Waals surface area contributed by atoms with Crippen molar-refractivity contribution in [1.29, 1.82) is 0 Å². The van der Waals surface area contributed by atoms with Gasteiger partial charge in [0.1, 0.15) is 5.30 Å². The van der Waals surface area contributed by atoms with Gasteiger partial charge in [0.2, 0.25) is 0 Å². The van der Waals surface area contributed by atoms with Crippen molar-refractivity contribution in [1.82, 2.24) is 0 Å². The predicted molar refractivity (Wildman–Crippen MR) is 75.2 cm³/mol. The molecule has 0 aliphatic carbocycles. The fourth-order valence-electron chi connectivity index (χ4n) is 1.63. The third-order valence-electron chi connectivity index (χ3n) is 2.88. The lowest BCUT2D eigenvalue weighted by atomic mass is 10.3. The Kier molecular flexibility index (Phi) is 7.53. The van der Waals surface area contributed by atoms with E-state index in [2.05, 4.69) is 0 Å². The molecule has 0 aliphatic heterocycles. The van der Waals surface area contributed by atoms with Crippen LogP contribution in [-0.4, -0.2) is 13.2 Å². The topological polar surface area (TPSA) is 35.5 Å². The normalized spacial score (nSPS) is 11.9. The molecular weight excluding hydrogens is 323 g/mol. The molecule has 0 spiro atoms. The van der Waals surface area contributed by atoms with Gasteiger partial charge < -0.3 is 9.05 Å². The molecule has 126 valence electrons. The van der Waals surface area contributed by atoms with Crippen LogP contribution in [0.4, 0.5) is 17.6 Å². The summed E-state index contributed by atoms with van der Waals surface area (Å²) in [7, 11) is -4.49. The second kappa shape index (κ2) is 8.65. The van der Waals surface area contributed by atoms with E-state index in [9.17, 15) is 22.1 Å². The highest BCUT2D eigenvalue weighted by molar-refractivity contribution is 7.62. The smallest absolute Gasteiger partial charge is 0.305 e. The molecule has 0 fully saturated rings. The maximum atomic E-state index is 13.8. The molecule has 3 nitrogen and oxygen atoms in total. The summed E-state index contributed by atoms with van der Waals surface area (Å²) < 4.78 is 77.0. The van der Waals surface area contributed by atoms with Gasteiger partial charge in [-0.15, -0.1) is 0 Å². The van der Waals surface area contributed by atoms with Crippen LogP contribution in [0.3, 0.4) is 0 Å². The molecule has 1 rings (SSSR count). The molecule has 0 aliphatic rings. The minimum Gasteiger partial charge on any atom is -0.305 e. The van der Waals surface area contributed by atoms with Crippen molar-refractivity contribution < 1.29 is 31.2 Å². The van der Waals surface area contributed by atoms with E-state index in [1.807, 2.05) is 13.8 Å².